The van der Waals surface area contributed by atoms with Gasteiger partial charge in [0.25, 0.3) is 5.91 Å². The molecule has 0 saturated heterocycles. The average Bonchev–Trinajstić information content (AvgIpc) is 2.58. The molecule has 0 unspecified atom stereocenters. The lowest BCUT2D eigenvalue weighted by Crippen LogP contribution is -2.31. The van der Waals surface area contributed by atoms with E-state index in [-0.39, 0.29) is 26.7 Å². The minimum Gasteiger partial charge on any atom is -0.451 e. The Balaban J connectivity index is 1.94. The van der Waals surface area contributed by atoms with Crippen LogP contribution in [0.15, 0.2) is 36.5 Å². The molecule has 0 radical (unpaired) electrons. The van der Waals surface area contributed by atoms with E-state index in [0.717, 1.165) is 5.56 Å². The lowest BCUT2D eigenvalue weighted by atomic mass is 10.2. The molecular weight excluding hydrogens is 375 g/mol. The molecule has 0 aliphatic heterocycles. The molecule has 0 saturated carbocycles. The third-order valence-corrected chi connectivity index (χ3v) is 4.37. The summed E-state index contributed by atoms with van der Waals surface area (Å²) < 4.78 is 4.95. The minimum atomic E-state index is -0.847. The zero-order valence-corrected chi connectivity index (χ0v) is 14.9. The van der Waals surface area contributed by atoms with Gasteiger partial charge in [0.05, 0.1) is 15.1 Å². The molecule has 5 nitrogen and oxygen atoms in total. The molecule has 2 aromatic rings. The number of hydrogen-bond acceptors (Lipinski definition) is 4. The second-order valence-electron chi connectivity index (χ2n) is 4.89. The Morgan fingerprint density at radius 1 is 1.12 bits per heavy atom. The van der Waals surface area contributed by atoms with Crippen LogP contribution in [-0.4, -0.2) is 35.4 Å². The third-order valence-electron chi connectivity index (χ3n) is 3.13. The van der Waals surface area contributed by atoms with Gasteiger partial charge in [-0.2, -0.15) is 0 Å². The van der Waals surface area contributed by atoms with Crippen LogP contribution in [0.1, 0.15) is 16.1 Å². The summed E-state index contributed by atoms with van der Waals surface area (Å²) in [4.78, 5) is 29.2. The van der Waals surface area contributed by atoms with Crippen LogP contribution in [0.2, 0.25) is 15.1 Å². The van der Waals surface area contributed by atoms with Crippen molar-refractivity contribution in [2.45, 2.75) is 6.54 Å². The molecular formula is C16H13Cl3N2O3. The number of benzene rings is 1. The normalized spacial score (nSPS) is 10.3. The van der Waals surface area contributed by atoms with Crippen molar-refractivity contribution in [3.8, 4) is 0 Å². The number of ether oxygens (including phenoxy) is 1. The number of carbonyl (C=O) groups is 2. The number of amides is 1. The van der Waals surface area contributed by atoms with Crippen LogP contribution in [0.25, 0.3) is 0 Å². The van der Waals surface area contributed by atoms with Gasteiger partial charge in [0, 0.05) is 19.8 Å². The Morgan fingerprint density at radius 3 is 2.46 bits per heavy atom. The molecule has 1 heterocycles. The molecule has 0 bridgehead atoms. The van der Waals surface area contributed by atoms with Gasteiger partial charge in [0.15, 0.2) is 12.3 Å². The van der Waals surface area contributed by atoms with Crippen molar-refractivity contribution in [3.63, 3.8) is 0 Å². The van der Waals surface area contributed by atoms with Gasteiger partial charge in [-0.25, -0.2) is 9.78 Å². The van der Waals surface area contributed by atoms with E-state index >= 15 is 0 Å². The molecule has 1 aromatic heterocycles. The van der Waals surface area contributed by atoms with E-state index < -0.39 is 12.6 Å². The maximum absolute atomic E-state index is 12.0. The monoisotopic (exact) mass is 386 g/mol. The van der Waals surface area contributed by atoms with Gasteiger partial charge in [-0.05, 0) is 5.56 Å². The second kappa shape index (κ2) is 8.33. The SMILES string of the molecule is CN(Cc1ccccc1)C(=O)COC(=O)c1ncc(Cl)c(Cl)c1Cl. The van der Waals surface area contributed by atoms with Crippen LogP contribution in [0.4, 0.5) is 0 Å². The Hall–Kier alpha value is -1.82. The maximum atomic E-state index is 12.0. The highest BCUT2D eigenvalue weighted by atomic mass is 35.5. The van der Waals surface area contributed by atoms with Crippen molar-refractivity contribution in [2.75, 3.05) is 13.7 Å². The lowest BCUT2D eigenvalue weighted by Gasteiger charge is -2.17. The molecule has 126 valence electrons. The quantitative estimate of drug-likeness (QED) is 0.731. The standard InChI is InChI=1S/C16H13Cl3N2O3/c1-21(8-10-5-3-2-4-6-10)12(22)9-24-16(23)15-14(19)13(18)11(17)7-20-15/h2-7H,8-9H2,1H3. The molecule has 0 fully saturated rings. The van der Waals surface area contributed by atoms with E-state index in [4.69, 9.17) is 39.5 Å². The zero-order valence-electron chi connectivity index (χ0n) is 12.6. The molecule has 24 heavy (non-hydrogen) atoms. The summed E-state index contributed by atoms with van der Waals surface area (Å²) in [6.45, 7) is -0.0244. The number of nitrogens with zero attached hydrogens (tertiary/aromatic N) is 2. The van der Waals surface area contributed by atoms with E-state index in [1.807, 2.05) is 30.3 Å². The van der Waals surface area contributed by atoms with Gasteiger partial charge < -0.3 is 9.64 Å². The first-order valence-corrected chi connectivity index (χ1v) is 7.98. The van der Waals surface area contributed by atoms with Gasteiger partial charge >= 0.3 is 5.97 Å². The van der Waals surface area contributed by atoms with Gasteiger partial charge in [-0.15, -0.1) is 0 Å². The smallest absolute Gasteiger partial charge is 0.359 e. The Morgan fingerprint density at radius 2 is 1.79 bits per heavy atom. The summed E-state index contributed by atoms with van der Waals surface area (Å²) in [7, 11) is 1.62. The van der Waals surface area contributed by atoms with Crippen LogP contribution in [0.5, 0.6) is 0 Å². The molecule has 1 amide bonds. The Labute approximate surface area is 154 Å². The van der Waals surface area contributed by atoms with Gasteiger partial charge in [0.2, 0.25) is 0 Å². The molecule has 0 N–H and O–H groups in total. The number of likely N-dealkylation sites (N-methyl/N-ethyl adjacent to an activating group) is 1. The first-order chi connectivity index (χ1) is 11.4. The number of halogens is 3. The van der Waals surface area contributed by atoms with Crippen LogP contribution in [-0.2, 0) is 16.1 Å². The van der Waals surface area contributed by atoms with Gasteiger partial charge in [0.1, 0.15) is 0 Å². The van der Waals surface area contributed by atoms with E-state index in [2.05, 4.69) is 4.98 Å². The number of esters is 1. The van der Waals surface area contributed by atoms with E-state index in [0.29, 0.717) is 6.54 Å². The average molecular weight is 388 g/mol. The summed E-state index contributed by atoms with van der Waals surface area (Å²) in [5.74, 6) is -1.21. The summed E-state index contributed by atoms with van der Waals surface area (Å²) in [5, 5.41) is 0.0175. The maximum Gasteiger partial charge on any atom is 0.359 e. The minimum absolute atomic E-state index is 0.00723. The fourth-order valence-corrected chi connectivity index (χ4v) is 2.39. The predicted octanol–water partition coefficient (Wildman–Crippen LogP) is 3.86. The summed E-state index contributed by atoms with van der Waals surface area (Å²) >= 11 is 17.5. The fourth-order valence-electron chi connectivity index (χ4n) is 1.84. The number of hydrogen-bond donors (Lipinski definition) is 0. The summed E-state index contributed by atoms with van der Waals surface area (Å²) in [5.41, 5.74) is 0.776. The highest BCUT2D eigenvalue weighted by Gasteiger charge is 2.20. The second-order valence-corrected chi connectivity index (χ2v) is 6.06. The number of carbonyl (C=O) groups excluding carboxylic acids is 2. The lowest BCUT2D eigenvalue weighted by molar-refractivity contribution is -0.133. The van der Waals surface area contributed by atoms with Crippen LogP contribution >= 0.6 is 34.8 Å². The molecule has 0 atom stereocenters. The molecule has 0 aliphatic carbocycles. The Kier molecular flexibility index (Phi) is 6.43. The molecule has 0 aliphatic rings. The van der Waals surface area contributed by atoms with Gasteiger partial charge in [-0.3, -0.25) is 4.79 Å². The van der Waals surface area contributed by atoms with Crippen molar-refractivity contribution < 1.29 is 14.3 Å². The van der Waals surface area contributed by atoms with Crippen molar-refractivity contribution in [2.24, 2.45) is 0 Å². The number of pyridine rings is 1. The highest BCUT2D eigenvalue weighted by Crippen LogP contribution is 2.31. The third kappa shape index (κ3) is 4.60. The molecule has 0 spiro atoms. The molecule has 8 heteroatoms. The summed E-state index contributed by atoms with van der Waals surface area (Å²) in [6, 6.07) is 9.45. The largest absolute Gasteiger partial charge is 0.451 e. The first-order valence-electron chi connectivity index (χ1n) is 6.84. The van der Waals surface area contributed by atoms with Crippen LogP contribution in [0.3, 0.4) is 0 Å². The van der Waals surface area contributed by atoms with E-state index in [9.17, 15) is 9.59 Å². The Bertz CT molecular complexity index is 754. The topological polar surface area (TPSA) is 59.5 Å². The van der Waals surface area contributed by atoms with E-state index in [1.54, 1.807) is 7.05 Å². The molecule has 2 rings (SSSR count). The first kappa shape index (κ1) is 18.5. The molecule has 1 aromatic carbocycles. The summed E-state index contributed by atoms with van der Waals surface area (Å²) in [6.07, 6.45) is 1.19. The number of rotatable bonds is 5. The van der Waals surface area contributed by atoms with Crippen molar-refractivity contribution in [3.05, 3.63) is 62.9 Å². The highest BCUT2D eigenvalue weighted by molar-refractivity contribution is 6.48. The predicted molar refractivity (Wildman–Crippen MR) is 92.5 cm³/mol. The van der Waals surface area contributed by atoms with E-state index in [1.165, 1.54) is 11.1 Å². The van der Waals surface area contributed by atoms with Gasteiger partial charge in [-0.1, -0.05) is 65.1 Å². The van der Waals surface area contributed by atoms with Crippen LogP contribution in [0, 0.1) is 0 Å². The van der Waals surface area contributed by atoms with Crippen LogP contribution < -0.4 is 0 Å². The van der Waals surface area contributed by atoms with Crippen molar-refractivity contribution in [1.29, 1.82) is 0 Å². The van der Waals surface area contributed by atoms with Crippen molar-refractivity contribution >= 4 is 46.7 Å². The zero-order chi connectivity index (χ0) is 17.7. The van der Waals surface area contributed by atoms with Crippen molar-refractivity contribution in [1.82, 2.24) is 9.88 Å². The number of aromatic nitrogens is 1. The fraction of sp³-hybridized carbons (Fsp3) is 0.188.